The second kappa shape index (κ2) is 7.05. The topological polar surface area (TPSA) is 75.6 Å². The van der Waals surface area contributed by atoms with Crippen molar-refractivity contribution in [2.45, 2.75) is 38.7 Å². The Bertz CT molecular complexity index is 463. The van der Waals surface area contributed by atoms with Crippen LogP contribution in [0.2, 0.25) is 0 Å². The maximum atomic E-state index is 12.1. The summed E-state index contributed by atoms with van der Waals surface area (Å²) < 4.78 is 5.23. The smallest absolute Gasteiger partial charge is 0.303 e. The Morgan fingerprint density at radius 3 is 2.35 bits per heavy atom. The molecule has 1 aromatic carbocycles. The minimum Gasteiger partial charge on any atom is -0.481 e. The molecule has 0 saturated carbocycles. The molecule has 1 unspecified atom stereocenters. The van der Waals surface area contributed by atoms with Crippen LogP contribution < -0.4 is 5.32 Å². The van der Waals surface area contributed by atoms with Gasteiger partial charge in [0.05, 0.1) is 0 Å². The number of hydrogen-bond donors (Lipinski definition) is 2. The van der Waals surface area contributed by atoms with Gasteiger partial charge in [-0.15, -0.1) is 0 Å². The van der Waals surface area contributed by atoms with Crippen molar-refractivity contribution in [3.63, 3.8) is 0 Å². The molecule has 1 aromatic rings. The molecule has 1 atom stereocenters. The van der Waals surface area contributed by atoms with Gasteiger partial charge in [0.2, 0.25) is 0 Å². The first-order valence-electron chi connectivity index (χ1n) is 6.58. The van der Waals surface area contributed by atoms with Gasteiger partial charge in [0.25, 0.3) is 5.91 Å². The first kappa shape index (κ1) is 16.2. The van der Waals surface area contributed by atoms with Crippen LogP contribution >= 0.6 is 0 Å². The van der Waals surface area contributed by atoms with Crippen LogP contribution in [-0.4, -0.2) is 29.7 Å². The number of rotatable bonds is 7. The zero-order chi connectivity index (χ0) is 15.2. The van der Waals surface area contributed by atoms with Gasteiger partial charge in [0, 0.05) is 19.2 Å². The number of carboxylic acid groups (broad SMARTS) is 1. The lowest BCUT2D eigenvalue weighted by atomic mass is 10.0. The van der Waals surface area contributed by atoms with Gasteiger partial charge in [0.1, 0.15) is 5.60 Å². The summed E-state index contributed by atoms with van der Waals surface area (Å²) >= 11 is 0. The minimum atomic E-state index is -0.845. The van der Waals surface area contributed by atoms with Gasteiger partial charge in [-0.1, -0.05) is 19.1 Å². The fourth-order valence-corrected chi connectivity index (χ4v) is 1.67. The van der Waals surface area contributed by atoms with Crippen molar-refractivity contribution < 1.29 is 19.4 Å². The molecule has 1 amide bonds. The Labute approximate surface area is 118 Å². The van der Waals surface area contributed by atoms with Crippen LogP contribution in [0.1, 0.15) is 32.3 Å². The summed E-state index contributed by atoms with van der Waals surface area (Å²) in [5.41, 5.74) is 0.753. The molecule has 0 fully saturated rings. The Kier molecular flexibility index (Phi) is 5.70. The van der Waals surface area contributed by atoms with Crippen molar-refractivity contribution >= 4 is 17.6 Å². The van der Waals surface area contributed by atoms with Crippen LogP contribution in [0.3, 0.4) is 0 Å². The van der Waals surface area contributed by atoms with E-state index in [-0.39, 0.29) is 12.3 Å². The summed E-state index contributed by atoms with van der Waals surface area (Å²) in [5, 5.41) is 11.4. The van der Waals surface area contributed by atoms with E-state index in [1.165, 1.54) is 7.11 Å². The van der Waals surface area contributed by atoms with Crippen LogP contribution in [0.25, 0.3) is 0 Å². The fourth-order valence-electron chi connectivity index (χ4n) is 1.67. The minimum absolute atomic E-state index is 0.100. The van der Waals surface area contributed by atoms with Gasteiger partial charge in [0.15, 0.2) is 0 Å². The van der Waals surface area contributed by atoms with Crippen molar-refractivity contribution in [2.75, 3.05) is 12.4 Å². The second-order valence-electron chi connectivity index (χ2n) is 4.83. The number of benzene rings is 1. The molecule has 0 radical (unpaired) electrons. The lowest BCUT2D eigenvalue weighted by Crippen LogP contribution is -2.41. The molecule has 0 spiro atoms. The fraction of sp³-hybridized carbons (Fsp3) is 0.467. The molecule has 0 aliphatic heterocycles. The summed E-state index contributed by atoms with van der Waals surface area (Å²) in [5.74, 6) is -1.01. The predicted octanol–water partition coefficient (Wildman–Crippen LogP) is 2.46. The zero-order valence-electron chi connectivity index (χ0n) is 12.1. The Morgan fingerprint density at radius 1 is 1.30 bits per heavy atom. The number of carbonyl (C=O) groups is 2. The molecule has 2 N–H and O–H groups in total. The van der Waals surface area contributed by atoms with Gasteiger partial charge in [-0.2, -0.15) is 0 Å². The van der Waals surface area contributed by atoms with Crippen molar-refractivity contribution in [3.8, 4) is 0 Å². The number of methoxy groups -OCH3 is 1. The SMILES string of the molecule is CCC(C)(OC)C(=O)Nc1ccc(CCC(=O)O)cc1. The maximum absolute atomic E-state index is 12.1. The number of amides is 1. The van der Waals surface area contributed by atoms with Crippen molar-refractivity contribution in [2.24, 2.45) is 0 Å². The molecule has 1 rings (SSSR count). The Hall–Kier alpha value is -1.88. The monoisotopic (exact) mass is 279 g/mol. The van der Waals surface area contributed by atoms with Crippen LogP contribution in [0.4, 0.5) is 5.69 Å². The molecule has 0 aliphatic carbocycles. The average Bonchev–Trinajstić information content (AvgIpc) is 2.45. The summed E-state index contributed by atoms with van der Waals surface area (Å²) in [6, 6.07) is 7.16. The van der Waals surface area contributed by atoms with Gasteiger partial charge in [-0.3, -0.25) is 9.59 Å². The predicted molar refractivity (Wildman–Crippen MR) is 76.7 cm³/mol. The van der Waals surface area contributed by atoms with E-state index in [0.29, 0.717) is 18.5 Å². The molecule has 5 heteroatoms. The van der Waals surface area contributed by atoms with E-state index in [0.717, 1.165) is 5.56 Å². The van der Waals surface area contributed by atoms with Crippen LogP contribution in [0.15, 0.2) is 24.3 Å². The van der Waals surface area contributed by atoms with Crippen molar-refractivity contribution in [3.05, 3.63) is 29.8 Å². The normalized spacial score (nSPS) is 13.6. The molecule has 0 aromatic heterocycles. The number of carboxylic acids is 1. The van der Waals surface area contributed by atoms with E-state index in [4.69, 9.17) is 9.84 Å². The molecule has 20 heavy (non-hydrogen) atoms. The molecular weight excluding hydrogens is 258 g/mol. The van der Waals surface area contributed by atoms with Crippen LogP contribution in [0.5, 0.6) is 0 Å². The van der Waals surface area contributed by atoms with Crippen LogP contribution in [-0.2, 0) is 20.7 Å². The third-order valence-corrected chi connectivity index (χ3v) is 3.44. The summed E-state index contributed by atoms with van der Waals surface area (Å²) in [6.07, 6.45) is 1.16. The van der Waals surface area contributed by atoms with E-state index < -0.39 is 11.6 Å². The molecule has 0 heterocycles. The Morgan fingerprint density at radius 2 is 1.90 bits per heavy atom. The first-order valence-corrected chi connectivity index (χ1v) is 6.58. The maximum Gasteiger partial charge on any atom is 0.303 e. The molecule has 5 nitrogen and oxygen atoms in total. The summed E-state index contributed by atoms with van der Waals surface area (Å²) in [6.45, 7) is 3.63. The van der Waals surface area contributed by atoms with Crippen LogP contribution in [0, 0.1) is 0 Å². The molecule has 0 aliphatic rings. The highest BCUT2D eigenvalue weighted by Gasteiger charge is 2.30. The lowest BCUT2D eigenvalue weighted by molar-refractivity contribution is -0.137. The number of hydrogen-bond acceptors (Lipinski definition) is 3. The molecule has 0 saturated heterocycles. The number of anilines is 1. The molecule has 110 valence electrons. The zero-order valence-corrected chi connectivity index (χ0v) is 12.1. The standard InChI is InChI=1S/C15H21NO4/c1-4-15(2,20-3)14(19)16-12-8-5-11(6-9-12)7-10-13(17)18/h5-6,8-9H,4,7,10H2,1-3H3,(H,16,19)(H,17,18). The van der Waals surface area contributed by atoms with Crippen molar-refractivity contribution in [1.82, 2.24) is 0 Å². The Balaban J connectivity index is 2.65. The summed E-state index contributed by atoms with van der Waals surface area (Å²) in [7, 11) is 1.51. The number of aliphatic carboxylic acids is 1. The molecular formula is C15H21NO4. The van der Waals surface area contributed by atoms with Gasteiger partial charge >= 0.3 is 5.97 Å². The second-order valence-corrected chi connectivity index (χ2v) is 4.83. The highest BCUT2D eigenvalue weighted by Crippen LogP contribution is 2.18. The number of nitrogens with one attached hydrogen (secondary N) is 1. The van der Waals surface area contributed by atoms with Gasteiger partial charge < -0.3 is 15.2 Å². The van der Waals surface area contributed by atoms with E-state index in [9.17, 15) is 9.59 Å². The van der Waals surface area contributed by atoms with E-state index in [1.807, 2.05) is 19.1 Å². The van der Waals surface area contributed by atoms with E-state index in [2.05, 4.69) is 5.32 Å². The molecule has 0 bridgehead atoms. The highest BCUT2D eigenvalue weighted by atomic mass is 16.5. The number of ether oxygens (including phenoxy) is 1. The first-order chi connectivity index (χ1) is 9.41. The largest absolute Gasteiger partial charge is 0.481 e. The van der Waals surface area contributed by atoms with Crippen molar-refractivity contribution in [1.29, 1.82) is 0 Å². The van der Waals surface area contributed by atoms with Gasteiger partial charge in [-0.05, 0) is 37.5 Å². The van der Waals surface area contributed by atoms with Gasteiger partial charge in [-0.25, -0.2) is 0 Å². The van der Waals surface area contributed by atoms with E-state index >= 15 is 0 Å². The third-order valence-electron chi connectivity index (χ3n) is 3.44. The summed E-state index contributed by atoms with van der Waals surface area (Å²) in [4.78, 5) is 22.6. The van der Waals surface area contributed by atoms with E-state index in [1.54, 1.807) is 19.1 Å². The third kappa shape index (κ3) is 4.35. The average molecular weight is 279 g/mol. The number of aryl methyl sites for hydroxylation is 1. The quantitative estimate of drug-likeness (QED) is 0.804. The highest BCUT2D eigenvalue weighted by molar-refractivity contribution is 5.97. The number of carbonyl (C=O) groups excluding carboxylic acids is 1. The lowest BCUT2D eigenvalue weighted by Gasteiger charge is -2.25.